The first-order chi connectivity index (χ1) is 11.5. The molecular weight excluding hydrogens is 308 g/mol. The molecule has 2 aliphatic rings. The number of β-amino-alcohol motifs (C(OH)–C–C–N with tert-alkyl or cyclic N) is 1. The summed E-state index contributed by atoms with van der Waals surface area (Å²) in [6.45, 7) is 10.5. The molecule has 2 heterocycles. The number of nitrogens with one attached hydrogen (secondary N) is 1. The highest BCUT2D eigenvalue weighted by Gasteiger charge is 2.22. The van der Waals surface area contributed by atoms with E-state index in [4.69, 9.17) is 4.74 Å². The van der Waals surface area contributed by atoms with Gasteiger partial charge in [-0.1, -0.05) is 0 Å². The summed E-state index contributed by atoms with van der Waals surface area (Å²) in [5.41, 5.74) is 0. The zero-order valence-corrected chi connectivity index (χ0v) is 15.2. The van der Waals surface area contributed by atoms with E-state index in [0.29, 0.717) is 12.5 Å². The van der Waals surface area contributed by atoms with Crippen LogP contribution in [0.25, 0.3) is 0 Å². The van der Waals surface area contributed by atoms with Crippen molar-refractivity contribution in [3.63, 3.8) is 0 Å². The predicted octanol–water partition coefficient (Wildman–Crippen LogP) is 0.0528. The molecule has 7 heteroatoms. The summed E-state index contributed by atoms with van der Waals surface area (Å²) in [7, 11) is 1.88. The Hall–Kier alpha value is -0.890. The van der Waals surface area contributed by atoms with E-state index < -0.39 is 0 Å². The van der Waals surface area contributed by atoms with Crippen LogP contribution in [-0.4, -0.2) is 105 Å². The molecule has 24 heavy (non-hydrogen) atoms. The molecule has 0 spiro atoms. The van der Waals surface area contributed by atoms with Gasteiger partial charge in [0.25, 0.3) is 0 Å². The average Bonchev–Trinajstić information content (AvgIpc) is 2.57. The monoisotopic (exact) mass is 342 g/mol. The van der Waals surface area contributed by atoms with Crippen LogP contribution < -0.4 is 5.32 Å². The number of ether oxygens (including phenoxy) is 1. The maximum Gasteiger partial charge on any atom is 0.317 e. The number of carbonyl (C=O) groups excluding carboxylic acids is 1. The summed E-state index contributed by atoms with van der Waals surface area (Å²) in [5, 5.41) is 12.5. The second kappa shape index (κ2) is 10.2. The van der Waals surface area contributed by atoms with Crippen molar-refractivity contribution in [1.29, 1.82) is 0 Å². The van der Waals surface area contributed by atoms with Gasteiger partial charge in [-0.05, 0) is 38.8 Å². The van der Waals surface area contributed by atoms with Crippen molar-refractivity contribution in [3.8, 4) is 0 Å². The Morgan fingerprint density at radius 1 is 1.25 bits per heavy atom. The van der Waals surface area contributed by atoms with Crippen molar-refractivity contribution in [3.05, 3.63) is 0 Å². The van der Waals surface area contributed by atoms with Crippen molar-refractivity contribution < 1.29 is 14.6 Å². The van der Waals surface area contributed by atoms with E-state index in [1.54, 1.807) is 0 Å². The third-order valence-electron chi connectivity index (χ3n) is 4.92. The van der Waals surface area contributed by atoms with Crippen molar-refractivity contribution in [2.75, 3.05) is 72.6 Å². The number of piperidine rings is 1. The van der Waals surface area contributed by atoms with Crippen LogP contribution in [0.5, 0.6) is 0 Å². The third-order valence-corrected chi connectivity index (χ3v) is 4.92. The Morgan fingerprint density at radius 2 is 1.92 bits per heavy atom. The van der Waals surface area contributed by atoms with Gasteiger partial charge in [-0.25, -0.2) is 4.79 Å². The first-order valence-corrected chi connectivity index (χ1v) is 9.24. The number of hydrogen-bond acceptors (Lipinski definition) is 5. The van der Waals surface area contributed by atoms with Gasteiger partial charge < -0.3 is 25.0 Å². The number of rotatable bonds is 7. The van der Waals surface area contributed by atoms with Gasteiger partial charge in [0.2, 0.25) is 0 Å². The maximum absolute atomic E-state index is 12.2. The maximum atomic E-state index is 12.2. The topological polar surface area (TPSA) is 68.3 Å². The van der Waals surface area contributed by atoms with Gasteiger partial charge >= 0.3 is 6.03 Å². The molecule has 2 fully saturated rings. The zero-order valence-electron chi connectivity index (χ0n) is 15.2. The molecule has 140 valence electrons. The molecule has 0 aliphatic carbocycles. The molecule has 0 aromatic carbocycles. The van der Waals surface area contributed by atoms with Crippen LogP contribution in [0.3, 0.4) is 0 Å². The Kier molecular flexibility index (Phi) is 8.24. The number of nitrogens with zero attached hydrogens (tertiary/aromatic N) is 3. The molecule has 2 rings (SSSR count). The molecule has 2 amide bonds. The van der Waals surface area contributed by atoms with Crippen molar-refractivity contribution in [2.24, 2.45) is 5.92 Å². The summed E-state index contributed by atoms with van der Waals surface area (Å²) >= 11 is 0. The molecule has 7 nitrogen and oxygen atoms in total. The van der Waals surface area contributed by atoms with E-state index in [-0.39, 0.29) is 12.1 Å². The molecule has 0 aromatic heterocycles. The average molecular weight is 342 g/mol. The van der Waals surface area contributed by atoms with Gasteiger partial charge in [0, 0.05) is 46.3 Å². The number of urea groups is 1. The van der Waals surface area contributed by atoms with Crippen LogP contribution in [0.4, 0.5) is 4.79 Å². The zero-order chi connectivity index (χ0) is 17.4. The van der Waals surface area contributed by atoms with Crippen LogP contribution >= 0.6 is 0 Å². The molecule has 0 aromatic rings. The number of likely N-dealkylation sites (tertiary alicyclic amines) is 1. The fourth-order valence-corrected chi connectivity index (χ4v) is 3.48. The molecule has 0 bridgehead atoms. The predicted molar refractivity (Wildman–Crippen MR) is 94.1 cm³/mol. The lowest BCUT2D eigenvalue weighted by Crippen LogP contribution is -2.46. The first kappa shape index (κ1) is 19.4. The van der Waals surface area contributed by atoms with Crippen molar-refractivity contribution >= 4 is 6.03 Å². The van der Waals surface area contributed by atoms with E-state index >= 15 is 0 Å². The quantitative estimate of drug-likeness (QED) is 0.684. The molecule has 1 unspecified atom stereocenters. The lowest BCUT2D eigenvalue weighted by Gasteiger charge is -2.34. The molecule has 2 aliphatic heterocycles. The SMILES string of the molecule is CC(O)CN1CCC(CN(C)C(=O)NCCN2CCOCC2)CC1. The van der Waals surface area contributed by atoms with E-state index in [2.05, 4.69) is 15.1 Å². The lowest BCUT2D eigenvalue weighted by molar-refractivity contribution is 0.0385. The van der Waals surface area contributed by atoms with Gasteiger partial charge in [0.05, 0.1) is 19.3 Å². The fourth-order valence-electron chi connectivity index (χ4n) is 3.48. The third kappa shape index (κ3) is 6.93. The Labute approximate surface area is 145 Å². The van der Waals surface area contributed by atoms with Crippen LogP contribution in [0.15, 0.2) is 0 Å². The minimum atomic E-state index is -0.263. The van der Waals surface area contributed by atoms with Crippen LogP contribution in [0.1, 0.15) is 19.8 Å². The van der Waals surface area contributed by atoms with E-state index in [1.807, 2.05) is 18.9 Å². The second-order valence-corrected chi connectivity index (χ2v) is 7.16. The minimum Gasteiger partial charge on any atom is -0.392 e. The second-order valence-electron chi connectivity index (χ2n) is 7.16. The molecule has 2 saturated heterocycles. The van der Waals surface area contributed by atoms with Gasteiger partial charge in [-0.3, -0.25) is 4.90 Å². The highest BCUT2D eigenvalue weighted by Crippen LogP contribution is 2.18. The summed E-state index contributed by atoms with van der Waals surface area (Å²) in [5.74, 6) is 0.560. The standard InChI is InChI=1S/C17H34N4O3/c1-15(22)13-21-6-3-16(4-7-21)14-19(2)17(23)18-5-8-20-9-11-24-12-10-20/h15-16,22H,3-14H2,1-2H3,(H,18,23). The van der Waals surface area contributed by atoms with Crippen LogP contribution in [0, 0.1) is 5.92 Å². The number of aliphatic hydroxyl groups is 1. The Balaban J connectivity index is 1.58. The molecule has 0 saturated carbocycles. The fraction of sp³-hybridized carbons (Fsp3) is 0.941. The van der Waals surface area contributed by atoms with Crippen LogP contribution in [-0.2, 0) is 4.74 Å². The van der Waals surface area contributed by atoms with Crippen LogP contribution in [0.2, 0.25) is 0 Å². The van der Waals surface area contributed by atoms with Gasteiger partial charge in [-0.15, -0.1) is 0 Å². The van der Waals surface area contributed by atoms with Gasteiger partial charge in [0.15, 0.2) is 0 Å². The Morgan fingerprint density at radius 3 is 2.54 bits per heavy atom. The summed E-state index contributed by atoms with van der Waals surface area (Å²) in [6.07, 6.45) is 1.93. The van der Waals surface area contributed by atoms with E-state index in [1.165, 1.54) is 0 Å². The largest absolute Gasteiger partial charge is 0.392 e. The minimum absolute atomic E-state index is 0.0228. The summed E-state index contributed by atoms with van der Waals surface area (Å²) < 4.78 is 5.32. The summed E-state index contributed by atoms with van der Waals surface area (Å²) in [4.78, 5) is 18.6. The highest BCUT2D eigenvalue weighted by atomic mass is 16.5. The van der Waals surface area contributed by atoms with Crippen molar-refractivity contribution in [2.45, 2.75) is 25.9 Å². The van der Waals surface area contributed by atoms with E-state index in [9.17, 15) is 9.90 Å². The van der Waals surface area contributed by atoms with Gasteiger partial charge in [0.1, 0.15) is 0 Å². The number of morpholine rings is 1. The lowest BCUT2D eigenvalue weighted by atomic mass is 9.96. The smallest absolute Gasteiger partial charge is 0.317 e. The molecule has 2 N–H and O–H groups in total. The number of aliphatic hydroxyl groups excluding tert-OH is 1. The number of hydrogen-bond donors (Lipinski definition) is 2. The molecule has 1 atom stereocenters. The van der Waals surface area contributed by atoms with E-state index in [0.717, 1.165) is 71.9 Å². The number of amides is 2. The van der Waals surface area contributed by atoms with Crippen molar-refractivity contribution in [1.82, 2.24) is 20.0 Å². The highest BCUT2D eigenvalue weighted by molar-refractivity contribution is 5.73. The molecule has 0 radical (unpaired) electrons. The molecular formula is C17H34N4O3. The number of carbonyl (C=O) groups is 1. The van der Waals surface area contributed by atoms with Gasteiger partial charge in [-0.2, -0.15) is 0 Å². The normalized spacial score (nSPS) is 22.3. The Bertz CT molecular complexity index is 367. The first-order valence-electron chi connectivity index (χ1n) is 9.24. The summed E-state index contributed by atoms with van der Waals surface area (Å²) in [6, 6.07) is 0.0228.